The van der Waals surface area contributed by atoms with Crippen LogP contribution in [0.5, 0.6) is 0 Å². The van der Waals surface area contributed by atoms with Crippen LogP contribution in [0.25, 0.3) is 0 Å². The molecule has 1 aromatic carbocycles. The lowest BCUT2D eigenvalue weighted by molar-refractivity contribution is 0.224. The topological polar surface area (TPSA) is 32.3 Å². The van der Waals surface area contributed by atoms with Crippen molar-refractivity contribution in [3.05, 3.63) is 35.9 Å². The average molecular weight is 275 g/mol. The Balaban J connectivity index is 1.86. The molecule has 2 atom stereocenters. The SMILES string of the molecule is CC1(C)CCCC(NC(CO)Cc2ccccc2)CC1. The first-order valence-corrected chi connectivity index (χ1v) is 8.00. The maximum atomic E-state index is 9.63. The molecule has 2 N–H and O–H groups in total. The Bertz CT molecular complexity index is 388. The van der Waals surface area contributed by atoms with Crippen LogP contribution in [0.2, 0.25) is 0 Å². The number of aliphatic hydroxyl groups excluding tert-OH is 1. The number of hydrogen-bond donors (Lipinski definition) is 2. The monoisotopic (exact) mass is 275 g/mol. The average Bonchev–Trinajstić information content (AvgIpc) is 2.60. The zero-order chi connectivity index (χ0) is 14.4. The maximum absolute atomic E-state index is 9.63. The second-order valence-corrected chi connectivity index (χ2v) is 7.03. The Labute approximate surface area is 123 Å². The molecule has 0 aliphatic heterocycles. The summed E-state index contributed by atoms with van der Waals surface area (Å²) in [6, 6.07) is 11.2. The van der Waals surface area contributed by atoms with Gasteiger partial charge in [-0.3, -0.25) is 0 Å². The van der Waals surface area contributed by atoms with Gasteiger partial charge in [-0.2, -0.15) is 0 Å². The highest BCUT2D eigenvalue weighted by Crippen LogP contribution is 2.33. The molecule has 2 unspecified atom stereocenters. The highest BCUT2D eigenvalue weighted by Gasteiger charge is 2.25. The minimum atomic E-state index is 0.184. The molecule has 0 radical (unpaired) electrons. The fraction of sp³-hybridized carbons (Fsp3) is 0.667. The molecule has 1 saturated carbocycles. The van der Waals surface area contributed by atoms with Crippen LogP contribution < -0.4 is 5.32 Å². The molecule has 0 amide bonds. The van der Waals surface area contributed by atoms with Crippen molar-refractivity contribution in [3.8, 4) is 0 Å². The molecule has 20 heavy (non-hydrogen) atoms. The van der Waals surface area contributed by atoms with Crippen LogP contribution in [0.15, 0.2) is 30.3 Å². The van der Waals surface area contributed by atoms with Gasteiger partial charge in [0.2, 0.25) is 0 Å². The molecule has 1 fully saturated rings. The van der Waals surface area contributed by atoms with E-state index in [1.165, 1.54) is 37.7 Å². The molecule has 0 spiro atoms. The maximum Gasteiger partial charge on any atom is 0.0587 e. The number of rotatable bonds is 5. The van der Waals surface area contributed by atoms with Crippen molar-refractivity contribution in [2.24, 2.45) is 5.41 Å². The molecule has 1 aromatic rings. The van der Waals surface area contributed by atoms with Crippen molar-refractivity contribution in [2.45, 2.75) is 64.5 Å². The Morgan fingerprint density at radius 3 is 2.65 bits per heavy atom. The highest BCUT2D eigenvalue weighted by molar-refractivity contribution is 5.16. The van der Waals surface area contributed by atoms with Gasteiger partial charge in [0, 0.05) is 12.1 Å². The van der Waals surface area contributed by atoms with Gasteiger partial charge in [-0.25, -0.2) is 0 Å². The van der Waals surface area contributed by atoms with E-state index in [0.29, 0.717) is 11.5 Å². The van der Waals surface area contributed by atoms with E-state index in [9.17, 15) is 5.11 Å². The van der Waals surface area contributed by atoms with Gasteiger partial charge in [0.25, 0.3) is 0 Å². The molecule has 0 aromatic heterocycles. The second-order valence-electron chi connectivity index (χ2n) is 7.03. The lowest BCUT2D eigenvalue weighted by atomic mass is 9.85. The smallest absolute Gasteiger partial charge is 0.0587 e. The fourth-order valence-electron chi connectivity index (χ4n) is 3.24. The van der Waals surface area contributed by atoms with E-state index in [2.05, 4.69) is 43.4 Å². The molecule has 0 saturated heterocycles. The third-order valence-electron chi connectivity index (χ3n) is 4.59. The third kappa shape index (κ3) is 4.92. The summed E-state index contributed by atoms with van der Waals surface area (Å²) < 4.78 is 0. The summed E-state index contributed by atoms with van der Waals surface area (Å²) in [5.41, 5.74) is 1.79. The van der Waals surface area contributed by atoms with Gasteiger partial charge < -0.3 is 10.4 Å². The molecule has 2 rings (SSSR count). The van der Waals surface area contributed by atoms with Crippen LogP contribution in [-0.4, -0.2) is 23.8 Å². The normalized spacial score (nSPS) is 24.1. The molecular formula is C18H29NO. The lowest BCUT2D eigenvalue weighted by Crippen LogP contribution is -2.41. The van der Waals surface area contributed by atoms with Gasteiger partial charge in [-0.1, -0.05) is 50.6 Å². The minimum absolute atomic E-state index is 0.184. The zero-order valence-corrected chi connectivity index (χ0v) is 12.9. The fourth-order valence-corrected chi connectivity index (χ4v) is 3.24. The van der Waals surface area contributed by atoms with Gasteiger partial charge in [-0.05, 0) is 43.1 Å². The van der Waals surface area contributed by atoms with Crippen LogP contribution in [0, 0.1) is 5.41 Å². The molecular weight excluding hydrogens is 246 g/mol. The Morgan fingerprint density at radius 2 is 1.95 bits per heavy atom. The summed E-state index contributed by atoms with van der Waals surface area (Å²) in [6.45, 7) is 4.97. The van der Waals surface area contributed by atoms with E-state index >= 15 is 0 Å². The number of nitrogens with one attached hydrogen (secondary N) is 1. The Kier molecular flexibility index (Phi) is 5.62. The van der Waals surface area contributed by atoms with Gasteiger partial charge in [-0.15, -0.1) is 0 Å². The Morgan fingerprint density at radius 1 is 1.20 bits per heavy atom. The number of aliphatic hydroxyl groups is 1. The van der Waals surface area contributed by atoms with E-state index < -0.39 is 0 Å². The van der Waals surface area contributed by atoms with E-state index in [1.807, 2.05) is 6.07 Å². The Hall–Kier alpha value is -0.860. The quantitative estimate of drug-likeness (QED) is 0.806. The summed E-state index contributed by atoms with van der Waals surface area (Å²) in [5, 5.41) is 13.3. The van der Waals surface area contributed by atoms with E-state index in [4.69, 9.17) is 0 Å². The summed E-state index contributed by atoms with van der Waals surface area (Å²) in [7, 11) is 0. The number of benzene rings is 1. The second kappa shape index (κ2) is 7.24. The zero-order valence-electron chi connectivity index (χ0n) is 12.9. The molecule has 1 aliphatic carbocycles. The molecule has 112 valence electrons. The largest absolute Gasteiger partial charge is 0.395 e. The van der Waals surface area contributed by atoms with Crippen LogP contribution in [-0.2, 0) is 6.42 Å². The van der Waals surface area contributed by atoms with Crippen molar-refractivity contribution >= 4 is 0 Å². The van der Waals surface area contributed by atoms with Crippen molar-refractivity contribution < 1.29 is 5.11 Å². The first-order chi connectivity index (χ1) is 9.59. The molecule has 0 heterocycles. The minimum Gasteiger partial charge on any atom is -0.395 e. The van der Waals surface area contributed by atoms with Crippen LogP contribution in [0.4, 0.5) is 0 Å². The van der Waals surface area contributed by atoms with E-state index in [1.54, 1.807) is 0 Å². The third-order valence-corrected chi connectivity index (χ3v) is 4.59. The number of hydrogen-bond acceptors (Lipinski definition) is 2. The van der Waals surface area contributed by atoms with Crippen LogP contribution in [0.1, 0.15) is 51.5 Å². The van der Waals surface area contributed by atoms with E-state index in [-0.39, 0.29) is 12.6 Å². The first-order valence-electron chi connectivity index (χ1n) is 8.00. The lowest BCUT2D eigenvalue weighted by Gasteiger charge is -2.25. The predicted octanol–water partition coefficient (Wildman–Crippen LogP) is 3.54. The van der Waals surface area contributed by atoms with Crippen LogP contribution >= 0.6 is 0 Å². The standard InChI is InChI=1S/C18H29NO/c1-18(2)11-6-9-16(10-12-18)19-17(14-20)13-15-7-4-3-5-8-15/h3-5,7-8,16-17,19-20H,6,9-14H2,1-2H3. The van der Waals surface area contributed by atoms with Gasteiger partial charge in [0.1, 0.15) is 0 Å². The van der Waals surface area contributed by atoms with Crippen molar-refractivity contribution in [2.75, 3.05) is 6.61 Å². The molecule has 0 bridgehead atoms. The van der Waals surface area contributed by atoms with Gasteiger partial charge in [0.15, 0.2) is 0 Å². The van der Waals surface area contributed by atoms with Crippen molar-refractivity contribution in [1.82, 2.24) is 5.32 Å². The predicted molar refractivity (Wildman–Crippen MR) is 84.8 cm³/mol. The summed E-state index contributed by atoms with van der Waals surface area (Å²) in [5.74, 6) is 0. The van der Waals surface area contributed by atoms with Crippen molar-refractivity contribution in [3.63, 3.8) is 0 Å². The summed E-state index contributed by atoms with van der Waals surface area (Å²) >= 11 is 0. The highest BCUT2D eigenvalue weighted by atomic mass is 16.3. The molecule has 2 nitrogen and oxygen atoms in total. The van der Waals surface area contributed by atoms with Gasteiger partial charge >= 0.3 is 0 Å². The van der Waals surface area contributed by atoms with Crippen molar-refractivity contribution in [1.29, 1.82) is 0 Å². The van der Waals surface area contributed by atoms with Gasteiger partial charge in [0.05, 0.1) is 6.61 Å². The van der Waals surface area contributed by atoms with E-state index in [0.717, 1.165) is 6.42 Å². The van der Waals surface area contributed by atoms with Crippen LogP contribution in [0.3, 0.4) is 0 Å². The summed E-state index contributed by atoms with van der Waals surface area (Å²) in [4.78, 5) is 0. The summed E-state index contributed by atoms with van der Waals surface area (Å²) in [6.07, 6.45) is 7.31. The molecule has 1 aliphatic rings. The molecule has 2 heteroatoms. The first kappa shape index (κ1) is 15.5.